The quantitative estimate of drug-likeness (QED) is 0.712. The van der Waals surface area contributed by atoms with Gasteiger partial charge in [0.05, 0.1) is 6.61 Å². The number of aliphatic hydroxyl groups is 1. The van der Waals surface area contributed by atoms with Crippen LogP contribution in [0, 0.1) is 0 Å². The fourth-order valence-electron chi connectivity index (χ4n) is 3.35. The van der Waals surface area contributed by atoms with E-state index in [4.69, 9.17) is 5.11 Å². The molecule has 0 fully saturated rings. The molecule has 1 N–H and O–H groups in total. The van der Waals surface area contributed by atoms with Gasteiger partial charge in [-0.15, -0.1) is 19.8 Å². The van der Waals surface area contributed by atoms with E-state index in [1.165, 1.54) is 17.7 Å². The molecule has 0 spiro atoms. The molecular formula is C22H22F3NO2. The van der Waals surface area contributed by atoms with Crippen molar-refractivity contribution in [2.45, 2.75) is 32.0 Å². The average Bonchev–Trinajstić information content (AvgIpc) is 2.67. The molecule has 1 unspecified atom stereocenters. The Bertz CT molecular complexity index is 844. The van der Waals surface area contributed by atoms with Crippen molar-refractivity contribution in [2.75, 3.05) is 6.54 Å². The highest BCUT2D eigenvalue weighted by atomic mass is 19.4. The van der Waals surface area contributed by atoms with E-state index in [1.54, 1.807) is 12.1 Å². The van der Waals surface area contributed by atoms with E-state index < -0.39 is 6.36 Å². The van der Waals surface area contributed by atoms with Gasteiger partial charge in [0, 0.05) is 19.1 Å². The van der Waals surface area contributed by atoms with Crippen molar-refractivity contribution in [2.24, 2.45) is 0 Å². The molecule has 1 aliphatic heterocycles. The van der Waals surface area contributed by atoms with Gasteiger partial charge in [-0.05, 0) is 40.8 Å². The van der Waals surface area contributed by atoms with Crippen molar-refractivity contribution in [1.29, 1.82) is 0 Å². The molecule has 2 aromatic rings. The molecule has 148 valence electrons. The highest BCUT2D eigenvalue weighted by molar-refractivity contribution is 5.67. The van der Waals surface area contributed by atoms with Crippen LogP contribution < -0.4 is 4.74 Å². The van der Waals surface area contributed by atoms with Gasteiger partial charge in [-0.3, -0.25) is 4.90 Å². The van der Waals surface area contributed by atoms with Crippen LogP contribution in [0.15, 0.2) is 67.3 Å². The molecule has 0 saturated heterocycles. The number of alkyl halides is 3. The molecule has 1 aliphatic rings. The Hall–Kier alpha value is -2.57. The van der Waals surface area contributed by atoms with E-state index in [0.717, 1.165) is 29.7 Å². The van der Waals surface area contributed by atoms with Crippen LogP contribution in [0.3, 0.4) is 0 Å². The molecule has 0 amide bonds. The van der Waals surface area contributed by atoms with Crippen molar-refractivity contribution in [3.8, 4) is 5.75 Å². The summed E-state index contributed by atoms with van der Waals surface area (Å²) in [4.78, 5) is 2.16. The van der Waals surface area contributed by atoms with Crippen LogP contribution in [0.1, 0.15) is 23.1 Å². The van der Waals surface area contributed by atoms with E-state index in [9.17, 15) is 13.2 Å². The molecule has 0 aromatic heterocycles. The van der Waals surface area contributed by atoms with Crippen LogP contribution in [-0.4, -0.2) is 29.0 Å². The van der Waals surface area contributed by atoms with Crippen LogP contribution >= 0.6 is 0 Å². The first-order chi connectivity index (χ1) is 13.4. The van der Waals surface area contributed by atoms with E-state index in [0.29, 0.717) is 6.54 Å². The third-order valence-corrected chi connectivity index (χ3v) is 4.73. The fraction of sp³-hybridized carbons (Fsp3) is 0.273. The van der Waals surface area contributed by atoms with Gasteiger partial charge in [0.15, 0.2) is 0 Å². The highest BCUT2D eigenvalue weighted by Gasteiger charge is 2.31. The van der Waals surface area contributed by atoms with Gasteiger partial charge in [0.1, 0.15) is 5.75 Å². The molecule has 0 saturated carbocycles. The maximum Gasteiger partial charge on any atom is 0.573 e. The van der Waals surface area contributed by atoms with E-state index in [-0.39, 0.29) is 18.4 Å². The maximum absolute atomic E-state index is 12.4. The normalized spacial score (nSPS) is 17.9. The fourth-order valence-corrected chi connectivity index (χ4v) is 3.35. The van der Waals surface area contributed by atoms with Crippen LogP contribution in [0.4, 0.5) is 13.2 Å². The number of benzene rings is 2. The van der Waals surface area contributed by atoms with Crippen molar-refractivity contribution in [3.05, 3.63) is 84.0 Å². The van der Waals surface area contributed by atoms with Crippen LogP contribution in [-0.2, 0) is 13.2 Å². The summed E-state index contributed by atoms with van der Waals surface area (Å²) in [6.07, 6.45) is 0.0794. The summed E-state index contributed by atoms with van der Waals surface area (Å²) in [6.45, 7) is 5.18. The minimum absolute atomic E-state index is 0.0134. The van der Waals surface area contributed by atoms with Crippen molar-refractivity contribution in [1.82, 2.24) is 4.90 Å². The SMILES string of the molecule is C=CC1C=C(c2ccc(CO)cc2)CCN1Cc1cccc(OC(F)(F)F)c1. The zero-order chi connectivity index (χ0) is 20.1. The number of hydrogen-bond acceptors (Lipinski definition) is 3. The van der Waals surface area contributed by atoms with E-state index in [1.807, 2.05) is 30.3 Å². The highest BCUT2D eigenvalue weighted by Crippen LogP contribution is 2.29. The Morgan fingerprint density at radius 2 is 1.89 bits per heavy atom. The molecule has 0 radical (unpaired) electrons. The summed E-state index contributed by atoms with van der Waals surface area (Å²) in [5, 5.41) is 9.17. The lowest BCUT2D eigenvalue weighted by Crippen LogP contribution is -2.36. The Morgan fingerprint density at radius 3 is 2.54 bits per heavy atom. The summed E-state index contributed by atoms with van der Waals surface area (Å²) in [7, 11) is 0. The van der Waals surface area contributed by atoms with Gasteiger partial charge < -0.3 is 9.84 Å². The minimum atomic E-state index is -4.70. The molecule has 2 aromatic carbocycles. The Balaban J connectivity index is 1.73. The second-order valence-electron chi connectivity index (χ2n) is 6.69. The predicted octanol–water partition coefficient (Wildman–Crippen LogP) is 4.92. The largest absolute Gasteiger partial charge is 0.573 e. The molecule has 1 atom stereocenters. The third-order valence-electron chi connectivity index (χ3n) is 4.73. The molecule has 1 heterocycles. The Morgan fingerprint density at radius 1 is 1.14 bits per heavy atom. The van der Waals surface area contributed by atoms with Gasteiger partial charge in [0.25, 0.3) is 0 Å². The summed E-state index contributed by atoms with van der Waals surface area (Å²) in [5.41, 5.74) is 3.91. The molecular weight excluding hydrogens is 367 g/mol. The predicted molar refractivity (Wildman–Crippen MR) is 102 cm³/mol. The maximum atomic E-state index is 12.4. The molecule has 3 rings (SSSR count). The second-order valence-corrected chi connectivity index (χ2v) is 6.69. The van der Waals surface area contributed by atoms with Gasteiger partial charge in [-0.25, -0.2) is 0 Å². The Kier molecular flexibility index (Phi) is 6.21. The summed E-state index contributed by atoms with van der Waals surface area (Å²) in [6, 6.07) is 13.8. The number of rotatable bonds is 6. The zero-order valence-corrected chi connectivity index (χ0v) is 15.3. The standard InChI is InChI=1S/C22H22F3NO2/c1-2-20-13-19(18-8-6-16(15-27)7-9-18)10-11-26(20)14-17-4-3-5-21(12-17)28-22(23,24)25/h2-9,12-13,20,27H,1,10-11,14-15H2. The number of hydrogen-bond donors (Lipinski definition) is 1. The number of aliphatic hydroxyl groups excluding tert-OH is 1. The van der Waals surface area contributed by atoms with E-state index in [2.05, 4.69) is 22.3 Å². The number of halogens is 3. The first-order valence-electron chi connectivity index (χ1n) is 9.00. The summed E-state index contributed by atoms with van der Waals surface area (Å²) >= 11 is 0. The first-order valence-corrected chi connectivity index (χ1v) is 9.00. The summed E-state index contributed by atoms with van der Waals surface area (Å²) < 4.78 is 41.3. The third kappa shape index (κ3) is 5.24. The van der Waals surface area contributed by atoms with Crippen LogP contribution in [0.25, 0.3) is 5.57 Å². The van der Waals surface area contributed by atoms with Crippen molar-refractivity contribution in [3.63, 3.8) is 0 Å². The smallest absolute Gasteiger partial charge is 0.406 e. The Labute approximate surface area is 162 Å². The van der Waals surface area contributed by atoms with Gasteiger partial charge >= 0.3 is 6.36 Å². The monoisotopic (exact) mass is 389 g/mol. The second kappa shape index (κ2) is 8.63. The van der Waals surface area contributed by atoms with Gasteiger partial charge in [-0.2, -0.15) is 0 Å². The molecule has 6 heteroatoms. The molecule has 0 aliphatic carbocycles. The molecule has 28 heavy (non-hydrogen) atoms. The number of ether oxygens (including phenoxy) is 1. The summed E-state index contributed by atoms with van der Waals surface area (Å²) in [5.74, 6) is -0.211. The molecule has 0 bridgehead atoms. The lowest BCUT2D eigenvalue weighted by molar-refractivity contribution is -0.274. The van der Waals surface area contributed by atoms with Crippen molar-refractivity contribution < 1.29 is 23.0 Å². The molecule has 3 nitrogen and oxygen atoms in total. The van der Waals surface area contributed by atoms with E-state index >= 15 is 0 Å². The zero-order valence-electron chi connectivity index (χ0n) is 15.3. The van der Waals surface area contributed by atoms with Gasteiger partial charge in [0.2, 0.25) is 0 Å². The number of nitrogens with zero attached hydrogens (tertiary/aromatic N) is 1. The van der Waals surface area contributed by atoms with Crippen LogP contribution in [0.2, 0.25) is 0 Å². The van der Waals surface area contributed by atoms with Crippen LogP contribution in [0.5, 0.6) is 5.75 Å². The lowest BCUT2D eigenvalue weighted by atomic mass is 9.94. The average molecular weight is 389 g/mol. The minimum Gasteiger partial charge on any atom is -0.406 e. The first kappa shape index (κ1) is 20.2. The lowest BCUT2D eigenvalue weighted by Gasteiger charge is -2.33. The topological polar surface area (TPSA) is 32.7 Å². The van der Waals surface area contributed by atoms with Gasteiger partial charge in [-0.1, -0.05) is 48.6 Å². The van der Waals surface area contributed by atoms with Crippen molar-refractivity contribution >= 4 is 5.57 Å².